The third-order valence-electron chi connectivity index (χ3n) is 6.20. The van der Waals surface area contributed by atoms with Crippen LogP contribution in [0.2, 0.25) is 0 Å². The van der Waals surface area contributed by atoms with Gasteiger partial charge in [0.1, 0.15) is 0 Å². The topological polar surface area (TPSA) is 27.3 Å². The first-order chi connectivity index (χ1) is 9.97. The lowest BCUT2D eigenvalue weighted by Gasteiger charge is -2.59. The second-order valence-electron chi connectivity index (χ2n) is 8.21. The normalized spacial score (nSPS) is 38.6. The van der Waals surface area contributed by atoms with Crippen LogP contribution in [0.1, 0.15) is 45.4 Å². The lowest BCUT2D eigenvalue weighted by atomic mass is 9.48. The monoisotopic (exact) mass is 309 g/mol. The summed E-state index contributed by atoms with van der Waals surface area (Å²) in [7, 11) is 4.19. The Morgan fingerprint density at radius 1 is 1.14 bits per heavy atom. The van der Waals surface area contributed by atoms with Crippen molar-refractivity contribution in [3.63, 3.8) is 0 Å². The largest absolute Gasteiger partial charge is 0.361 e. The van der Waals surface area contributed by atoms with Crippen molar-refractivity contribution in [2.75, 3.05) is 27.2 Å². The minimum atomic E-state index is 0.519. The van der Waals surface area contributed by atoms with Gasteiger partial charge in [-0.2, -0.15) is 0 Å². The maximum Gasteiger partial charge on any atom is 0.166 e. The summed E-state index contributed by atoms with van der Waals surface area (Å²) in [5.41, 5.74) is 0.530. The van der Waals surface area contributed by atoms with E-state index in [9.17, 15) is 0 Å². The van der Waals surface area contributed by atoms with Crippen molar-refractivity contribution in [1.29, 1.82) is 0 Å². The zero-order chi connectivity index (χ0) is 15.0. The van der Waals surface area contributed by atoms with Crippen molar-refractivity contribution in [2.24, 2.45) is 23.2 Å². The van der Waals surface area contributed by atoms with Crippen LogP contribution in [0.4, 0.5) is 0 Å². The lowest BCUT2D eigenvalue weighted by molar-refractivity contribution is -0.0672. The molecule has 0 amide bonds. The molecule has 4 saturated carbocycles. The molecule has 0 saturated heterocycles. The molecule has 120 valence electrons. The van der Waals surface area contributed by atoms with E-state index in [4.69, 9.17) is 12.2 Å². The van der Waals surface area contributed by atoms with E-state index in [2.05, 4.69) is 36.6 Å². The fourth-order valence-electron chi connectivity index (χ4n) is 5.50. The Bertz CT molecular complexity index is 358. The Hall–Kier alpha value is -0.350. The summed E-state index contributed by atoms with van der Waals surface area (Å²) < 4.78 is 0. The molecule has 0 aromatic carbocycles. The first-order valence-corrected chi connectivity index (χ1v) is 9.07. The van der Waals surface area contributed by atoms with E-state index in [1.54, 1.807) is 0 Å². The Morgan fingerprint density at radius 2 is 1.67 bits per heavy atom. The van der Waals surface area contributed by atoms with Crippen LogP contribution >= 0.6 is 12.2 Å². The van der Waals surface area contributed by atoms with Crippen molar-refractivity contribution in [1.82, 2.24) is 15.5 Å². The van der Waals surface area contributed by atoms with Crippen LogP contribution in [0.5, 0.6) is 0 Å². The molecule has 0 heterocycles. The van der Waals surface area contributed by atoms with Crippen LogP contribution in [0.25, 0.3) is 0 Å². The number of hydrogen-bond donors (Lipinski definition) is 2. The van der Waals surface area contributed by atoms with E-state index < -0.39 is 0 Å². The van der Waals surface area contributed by atoms with Gasteiger partial charge in [-0.15, -0.1) is 0 Å². The maximum absolute atomic E-state index is 5.50. The highest BCUT2D eigenvalue weighted by molar-refractivity contribution is 7.80. The van der Waals surface area contributed by atoms with Gasteiger partial charge in [0.25, 0.3) is 0 Å². The Labute approximate surface area is 135 Å². The van der Waals surface area contributed by atoms with Crippen LogP contribution in [-0.2, 0) is 0 Å². The minimum Gasteiger partial charge on any atom is -0.361 e. The summed E-state index contributed by atoms with van der Waals surface area (Å²) in [4.78, 5) is 2.18. The van der Waals surface area contributed by atoms with E-state index in [1.807, 2.05) is 0 Å². The van der Waals surface area contributed by atoms with Gasteiger partial charge in [-0.25, -0.2) is 0 Å². The third-order valence-corrected chi connectivity index (χ3v) is 6.46. The Balaban J connectivity index is 1.53. The maximum atomic E-state index is 5.50. The quantitative estimate of drug-likeness (QED) is 0.764. The second kappa shape index (κ2) is 6.04. The summed E-state index contributed by atoms with van der Waals surface area (Å²) in [6.45, 7) is 4.31. The molecule has 0 aromatic rings. The van der Waals surface area contributed by atoms with Crippen LogP contribution < -0.4 is 10.6 Å². The fourth-order valence-corrected chi connectivity index (χ4v) is 5.78. The molecular formula is C17H31N3S. The number of nitrogens with zero attached hydrogens (tertiary/aromatic N) is 1. The van der Waals surface area contributed by atoms with Crippen LogP contribution in [0, 0.1) is 23.2 Å². The Morgan fingerprint density at radius 3 is 2.14 bits per heavy atom. The number of rotatable bonds is 5. The average Bonchev–Trinajstić information content (AvgIpc) is 2.36. The first-order valence-electron chi connectivity index (χ1n) is 8.66. The average molecular weight is 310 g/mol. The lowest BCUT2D eigenvalue weighted by Crippen LogP contribution is -2.57. The molecule has 4 bridgehead atoms. The van der Waals surface area contributed by atoms with Crippen LogP contribution in [-0.4, -0.2) is 43.2 Å². The number of nitrogens with one attached hydrogen (secondary N) is 2. The molecule has 0 aliphatic heterocycles. The SMILES string of the molecule is C[C@H](NC(=S)NCCN(C)C)C12CC3CC(CC(C3)C1)C2. The van der Waals surface area contributed by atoms with Gasteiger partial charge in [-0.05, 0) is 94.9 Å². The van der Waals surface area contributed by atoms with E-state index in [-0.39, 0.29) is 0 Å². The van der Waals surface area contributed by atoms with Crippen molar-refractivity contribution in [2.45, 2.75) is 51.5 Å². The fraction of sp³-hybridized carbons (Fsp3) is 0.941. The third kappa shape index (κ3) is 3.37. The van der Waals surface area contributed by atoms with E-state index in [1.165, 1.54) is 38.5 Å². The van der Waals surface area contributed by atoms with E-state index in [0.717, 1.165) is 36.0 Å². The zero-order valence-electron chi connectivity index (χ0n) is 13.8. The highest BCUT2D eigenvalue weighted by atomic mass is 32.1. The molecule has 4 rings (SSSR count). The molecule has 2 N–H and O–H groups in total. The van der Waals surface area contributed by atoms with E-state index in [0.29, 0.717) is 11.5 Å². The summed E-state index contributed by atoms with van der Waals surface area (Å²) in [5, 5.41) is 7.82. The number of likely N-dealkylation sites (N-methyl/N-ethyl adjacent to an activating group) is 1. The molecule has 4 aliphatic rings. The predicted octanol–water partition coefficient (Wildman–Crippen LogP) is 2.62. The molecule has 0 spiro atoms. The van der Waals surface area contributed by atoms with Gasteiger partial charge in [-0.3, -0.25) is 0 Å². The molecule has 4 aliphatic carbocycles. The summed E-state index contributed by atoms with van der Waals surface area (Å²) in [5.74, 6) is 3.03. The summed E-state index contributed by atoms with van der Waals surface area (Å²) in [6, 6.07) is 0.519. The smallest absolute Gasteiger partial charge is 0.166 e. The predicted molar refractivity (Wildman–Crippen MR) is 92.4 cm³/mol. The van der Waals surface area contributed by atoms with Gasteiger partial charge >= 0.3 is 0 Å². The standard InChI is InChI=1S/C17H31N3S/c1-12(19-16(21)18-4-5-20(2)3)17-9-13-6-14(10-17)8-15(7-13)11-17/h12-15H,4-11H2,1-3H3,(H2,18,19,21)/t12-,13?,14?,15?,17?/m0/s1. The molecule has 4 heteroatoms. The van der Waals surface area contributed by atoms with Crippen molar-refractivity contribution in [3.8, 4) is 0 Å². The second-order valence-corrected chi connectivity index (χ2v) is 8.61. The highest BCUT2D eigenvalue weighted by Gasteiger charge is 2.53. The zero-order valence-corrected chi connectivity index (χ0v) is 14.6. The van der Waals surface area contributed by atoms with Gasteiger partial charge in [0.05, 0.1) is 0 Å². The number of thiocarbonyl (C=S) groups is 1. The molecule has 1 atom stereocenters. The summed E-state index contributed by atoms with van der Waals surface area (Å²) >= 11 is 5.50. The first kappa shape index (κ1) is 15.5. The van der Waals surface area contributed by atoms with Crippen molar-refractivity contribution in [3.05, 3.63) is 0 Å². The molecule has 0 unspecified atom stereocenters. The van der Waals surface area contributed by atoms with Gasteiger partial charge in [-0.1, -0.05) is 0 Å². The molecule has 4 fully saturated rings. The molecule has 0 aromatic heterocycles. The molecule has 21 heavy (non-hydrogen) atoms. The molecular weight excluding hydrogens is 278 g/mol. The van der Waals surface area contributed by atoms with E-state index >= 15 is 0 Å². The highest BCUT2D eigenvalue weighted by Crippen LogP contribution is 2.61. The minimum absolute atomic E-state index is 0.519. The van der Waals surface area contributed by atoms with Gasteiger partial charge < -0.3 is 15.5 Å². The molecule has 3 nitrogen and oxygen atoms in total. The Kier molecular flexibility index (Phi) is 4.47. The van der Waals surface area contributed by atoms with Gasteiger partial charge in [0.15, 0.2) is 5.11 Å². The van der Waals surface area contributed by atoms with Crippen LogP contribution in [0.15, 0.2) is 0 Å². The van der Waals surface area contributed by atoms with Gasteiger partial charge in [0.2, 0.25) is 0 Å². The van der Waals surface area contributed by atoms with Gasteiger partial charge in [0, 0.05) is 19.1 Å². The molecule has 0 radical (unpaired) electrons. The summed E-state index contributed by atoms with van der Waals surface area (Å²) in [6.07, 6.45) is 8.85. The van der Waals surface area contributed by atoms with Crippen molar-refractivity contribution < 1.29 is 0 Å². The van der Waals surface area contributed by atoms with Crippen molar-refractivity contribution >= 4 is 17.3 Å². The van der Waals surface area contributed by atoms with Crippen LogP contribution in [0.3, 0.4) is 0 Å². The number of hydrogen-bond acceptors (Lipinski definition) is 2.